The van der Waals surface area contributed by atoms with Gasteiger partial charge in [-0.2, -0.15) is 0 Å². The smallest absolute Gasteiger partial charge is 0.497 e. The molecule has 1 nitrogen and oxygen atoms in total. The minimum Gasteiger partial charge on any atom is -0.497 e. The van der Waals surface area contributed by atoms with E-state index in [1.165, 1.54) is 9.99 Å². The van der Waals surface area contributed by atoms with Crippen LogP contribution in [0.2, 0.25) is 0 Å². The average Bonchev–Trinajstić information content (AvgIpc) is 2.07. The maximum absolute atomic E-state index is 5.05. The standard InChI is InChI=1S/C9H11IO.Zn/c1-11-9-4-2-8(3-5-9)6-7-10;/h2-5H,6-7H2,1H3;/q;+2. The summed E-state index contributed by atoms with van der Waals surface area (Å²) in [5, 5.41) is 0. The summed E-state index contributed by atoms with van der Waals surface area (Å²) < 4.78 is 6.22. The molecular formula is C9H11IOZn+2. The molecule has 0 aliphatic carbocycles. The summed E-state index contributed by atoms with van der Waals surface area (Å²) in [7, 11) is 1.69. The van der Waals surface area contributed by atoms with E-state index in [1.54, 1.807) is 7.11 Å². The molecule has 0 spiro atoms. The SMILES string of the molecule is COc1ccc(CCI)cc1.[Zn+2]. The second-order valence-corrected chi connectivity index (χ2v) is 3.37. The Balaban J connectivity index is 0.00000121. The Morgan fingerprint density at radius 3 is 2.25 bits per heavy atom. The van der Waals surface area contributed by atoms with Gasteiger partial charge in [-0.1, -0.05) is 34.7 Å². The van der Waals surface area contributed by atoms with E-state index in [-0.39, 0.29) is 19.5 Å². The fourth-order valence-electron chi connectivity index (χ4n) is 0.901. The minimum absolute atomic E-state index is 0. The predicted octanol–water partition coefficient (Wildman–Crippen LogP) is 2.67. The molecule has 0 atom stereocenters. The van der Waals surface area contributed by atoms with Gasteiger partial charge in [0.2, 0.25) is 0 Å². The van der Waals surface area contributed by atoms with Gasteiger partial charge >= 0.3 is 19.5 Å². The molecule has 3 heteroatoms. The van der Waals surface area contributed by atoms with Gasteiger partial charge in [0.25, 0.3) is 0 Å². The number of ether oxygens (including phenoxy) is 1. The normalized spacial score (nSPS) is 8.83. The zero-order valence-electron chi connectivity index (χ0n) is 7.22. The van der Waals surface area contributed by atoms with E-state index in [4.69, 9.17) is 4.74 Å². The van der Waals surface area contributed by atoms with Crippen LogP contribution in [0.4, 0.5) is 0 Å². The maximum Gasteiger partial charge on any atom is 2.00 e. The van der Waals surface area contributed by atoms with Gasteiger partial charge in [-0.05, 0) is 24.1 Å². The van der Waals surface area contributed by atoms with Crippen molar-refractivity contribution in [1.82, 2.24) is 0 Å². The Bertz CT molecular complexity index is 210. The minimum atomic E-state index is 0. The first-order valence-electron chi connectivity index (χ1n) is 3.55. The van der Waals surface area contributed by atoms with E-state index in [9.17, 15) is 0 Å². The van der Waals surface area contributed by atoms with Gasteiger partial charge < -0.3 is 4.74 Å². The first kappa shape index (κ1) is 12.4. The average molecular weight is 327 g/mol. The van der Waals surface area contributed by atoms with Crippen LogP contribution in [0.1, 0.15) is 5.56 Å². The largest absolute Gasteiger partial charge is 2.00 e. The number of benzene rings is 1. The molecule has 1 aromatic carbocycles. The molecule has 0 aliphatic heterocycles. The van der Waals surface area contributed by atoms with Crippen LogP contribution in [0.3, 0.4) is 0 Å². The van der Waals surface area contributed by atoms with Crippen molar-refractivity contribution in [3.8, 4) is 5.75 Å². The van der Waals surface area contributed by atoms with Gasteiger partial charge in [0.1, 0.15) is 5.75 Å². The molecule has 1 aromatic rings. The van der Waals surface area contributed by atoms with Crippen LogP contribution in [0, 0.1) is 0 Å². The summed E-state index contributed by atoms with van der Waals surface area (Å²) in [4.78, 5) is 0. The second kappa shape index (κ2) is 6.84. The van der Waals surface area contributed by atoms with Crippen molar-refractivity contribution in [2.75, 3.05) is 11.5 Å². The molecule has 0 radical (unpaired) electrons. The maximum atomic E-state index is 5.05. The Hall–Kier alpha value is 0.373. The van der Waals surface area contributed by atoms with E-state index in [1.807, 2.05) is 12.1 Å². The predicted molar refractivity (Wildman–Crippen MR) is 55.6 cm³/mol. The van der Waals surface area contributed by atoms with Gasteiger partial charge in [0, 0.05) is 4.43 Å². The van der Waals surface area contributed by atoms with E-state index in [0.29, 0.717) is 0 Å². The van der Waals surface area contributed by atoms with Crippen molar-refractivity contribution in [2.45, 2.75) is 6.42 Å². The van der Waals surface area contributed by atoms with E-state index < -0.39 is 0 Å². The summed E-state index contributed by atoms with van der Waals surface area (Å²) in [6, 6.07) is 8.22. The third kappa shape index (κ3) is 3.86. The molecular weight excluding hydrogens is 316 g/mol. The van der Waals surface area contributed by atoms with Gasteiger partial charge in [-0.15, -0.1) is 0 Å². The van der Waals surface area contributed by atoms with E-state index in [2.05, 4.69) is 34.7 Å². The van der Waals surface area contributed by atoms with Gasteiger partial charge in [0.15, 0.2) is 0 Å². The zero-order valence-corrected chi connectivity index (χ0v) is 12.3. The molecule has 0 saturated carbocycles. The number of hydrogen-bond donors (Lipinski definition) is 0. The molecule has 0 aliphatic rings. The fourth-order valence-corrected chi connectivity index (χ4v) is 1.52. The summed E-state index contributed by atoms with van der Waals surface area (Å²) in [6.07, 6.45) is 1.14. The van der Waals surface area contributed by atoms with Crippen LogP contribution in [0.15, 0.2) is 24.3 Å². The van der Waals surface area contributed by atoms with Crippen LogP contribution < -0.4 is 4.74 Å². The zero-order chi connectivity index (χ0) is 8.10. The van der Waals surface area contributed by atoms with Crippen LogP contribution >= 0.6 is 22.6 Å². The Kier molecular flexibility index (Phi) is 7.06. The monoisotopic (exact) mass is 326 g/mol. The van der Waals surface area contributed by atoms with Crippen molar-refractivity contribution in [3.63, 3.8) is 0 Å². The van der Waals surface area contributed by atoms with Crippen LogP contribution in [0.5, 0.6) is 5.75 Å². The molecule has 0 N–H and O–H groups in total. The Morgan fingerprint density at radius 1 is 1.25 bits per heavy atom. The second-order valence-electron chi connectivity index (χ2n) is 2.29. The number of rotatable bonds is 3. The van der Waals surface area contributed by atoms with Crippen molar-refractivity contribution >= 4 is 22.6 Å². The molecule has 0 aromatic heterocycles. The Morgan fingerprint density at radius 2 is 1.83 bits per heavy atom. The number of halogens is 1. The van der Waals surface area contributed by atoms with Gasteiger partial charge in [-0.25, -0.2) is 0 Å². The summed E-state index contributed by atoms with van der Waals surface area (Å²) in [5.41, 5.74) is 1.38. The van der Waals surface area contributed by atoms with Crippen LogP contribution in [-0.4, -0.2) is 11.5 Å². The number of aryl methyl sites for hydroxylation is 1. The van der Waals surface area contributed by atoms with E-state index in [0.717, 1.165) is 12.2 Å². The summed E-state index contributed by atoms with van der Waals surface area (Å²) in [5.74, 6) is 0.933. The topological polar surface area (TPSA) is 9.23 Å². The molecule has 0 unspecified atom stereocenters. The molecule has 0 fully saturated rings. The van der Waals surface area contributed by atoms with Crippen LogP contribution in [0.25, 0.3) is 0 Å². The Labute approximate surface area is 99.8 Å². The van der Waals surface area contributed by atoms with Gasteiger partial charge in [0.05, 0.1) is 7.11 Å². The van der Waals surface area contributed by atoms with Crippen molar-refractivity contribution in [2.24, 2.45) is 0 Å². The molecule has 0 amide bonds. The van der Waals surface area contributed by atoms with Gasteiger partial charge in [-0.3, -0.25) is 0 Å². The molecule has 0 heterocycles. The quantitative estimate of drug-likeness (QED) is 0.471. The third-order valence-corrected chi connectivity index (χ3v) is 2.08. The summed E-state index contributed by atoms with van der Waals surface area (Å²) in [6.45, 7) is 0. The first-order valence-corrected chi connectivity index (χ1v) is 5.08. The van der Waals surface area contributed by atoms with E-state index >= 15 is 0 Å². The van der Waals surface area contributed by atoms with Crippen LogP contribution in [-0.2, 0) is 25.9 Å². The number of methoxy groups -OCH3 is 1. The molecule has 0 saturated heterocycles. The number of hydrogen-bond acceptors (Lipinski definition) is 1. The number of alkyl halides is 1. The fraction of sp³-hybridized carbons (Fsp3) is 0.333. The molecule has 60 valence electrons. The molecule has 1 rings (SSSR count). The first-order chi connectivity index (χ1) is 5.36. The molecule has 12 heavy (non-hydrogen) atoms. The molecule has 0 bridgehead atoms. The van der Waals surface area contributed by atoms with Crippen molar-refractivity contribution in [3.05, 3.63) is 29.8 Å². The van der Waals surface area contributed by atoms with Crippen molar-refractivity contribution < 1.29 is 24.2 Å². The van der Waals surface area contributed by atoms with Crippen molar-refractivity contribution in [1.29, 1.82) is 0 Å². The third-order valence-electron chi connectivity index (χ3n) is 1.54. The summed E-state index contributed by atoms with van der Waals surface area (Å²) >= 11 is 2.38.